The van der Waals surface area contributed by atoms with Crippen molar-refractivity contribution in [3.63, 3.8) is 0 Å². The molecule has 2 aromatic carbocycles. The van der Waals surface area contributed by atoms with E-state index in [4.69, 9.17) is 17.0 Å². The monoisotopic (exact) mass is 647 g/mol. The van der Waals surface area contributed by atoms with Crippen LogP contribution in [-0.2, 0) is 21.3 Å². The first-order valence-corrected chi connectivity index (χ1v) is 16.8. The molecule has 1 saturated heterocycles. The summed E-state index contributed by atoms with van der Waals surface area (Å²) in [5, 5.41) is 0.521. The predicted octanol–water partition coefficient (Wildman–Crippen LogP) is 3.49. The fourth-order valence-corrected chi connectivity index (χ4v) is 7.81. The summed E-state index contributed by atoms with van der Waals surface area (Å²) in [6.45, 7) is 5.42. The molecule has 0 unspecified atom stereocenters. The number of methoxy groups -OCH3 is 1. The van der Waals surface area contributed by atoms with E-state index in [0.29, 0.717) is 36.9 Å². The van der Waals surface area contributed by atoms with Crippen LogP contribution < -0.4 is 14.1 Å². The van der Waals surface area contributed by atoms with Crippen LogP contribution in [0.1, 0.15) is 25.8 Å². The Kier molecular flexibility index (Phi) is 9.86. The van der Waals surface area contributed by atoms with Crippen LogP contribution in [-0.4, -0.2) is 81.2 Å². The van der Waals surface area contributed by atoms with Crippen LogP contribution >= 0.6 is 12.2 Å². The maximum absolute atomic E-state index is 13.2. The molecule has 0 aromatic heterocycles. The predicted molar refractivity (Wildman–Crippen MR) is 164 cm³/mol. The minimum atomic E-state index is -4.06. The Morgan fingerprint density at radius 2 is 1.80 bits per heavy atom. The van der Waals surface area contributed by atoms with Crippen molar-refractivity contribution in [1.29, 1.82) is 0 Å². The number of carbonyl (C=O) groups is 1. The van der Waals surface area contributed by atoms with E-state index in [-0.39, 0.29) is 33.0 Å². The number of amides is 1. The molecule has 0 radical (unpaired) electrons. The van der Waals surface area contributed by atoms with E-state index in [2.05, 4.69) is 23.1 Å². The summed E-state index contributed by atoms with van der Waals surface area (Å²) in [5.74, 6) is 0.307. The number of fused-ring (bicyclic) bond motifs is 1. The zero-order valence-corrected chi connectivity index (χ0v) is 26.1. The zero-order chi connectivity index (χ0) is 28.9. The molecular formula is C29H33N3O5S2Se. The number of hydrogen-bond acceptors (Lipinski definition) is 6. The van der Waals surface area contributed by atoms with Crippen molar-refractivity contribution in [3.8, 4) is 5.75 Å². The minimum absolute atomic E-state index is 0.0274. The molecule has 0 saturated carbocycles. The van der Waals surface area contributed by atoms with Gasteiger partial charge >= 0.3 is 249 Å². The van der Waals surface area contributed by atoms with Crippen molar-refractivity contribution in [3.05, 3.63) is 88.2 Å². The molecule has 11 heteroatoms. The summed E-state index contributed by atoms with van der Waals surface area (Å²) >= 11 is 5.55. The molecule has 1 fully saturated rings. The number of benzene rings is 2. The molecule has 212 valence electrons. The van der Waals surface area contributed by atoms with E-state index >= 15 is 0 Å². The molecule has 1 amide bonds. The van der Waals surface area contributed by atoms with Gasteiger partial charge in [-0.1, -0.05) is 0 Å². The normalized spacial score (nSPS) is 17.9. The number of ether oxygens (including phenoxy) is 1. The summed E-state index contributed by atoms with van der Waals surface area (Å²) < 4.78 is 39.7. The third-order valence-corrected chi connectivity index (χ3v) is 10.2. The van der Waals surface area contributed by atoms with E-state index in [1.165, 1.54) is 0 Å². The number of rotatable bonds is 11. The van der Waals surface area contributed by atoms with Gasteiger partial charge in [-0.2, -0.15) is 0 Å². The van der Waals surface area contributed by atoms with E-state index in [1.54, 1.807) is 12.0 Å². The molecule has 2 heterocycles. The SMILES string of the molecule is CCN1C(=O)\C(=C/C(=C/C=C2\[Se]c3ccc(OC)cc3N2CCCS(=O)(=O)O)Cc2ccccc2)N(CC)C1=S. The number of hydrogen-bond donors (Lipinski definition) is 1. The van der Waals surface area contributed by atoms with Crippen LogP contribution in [0, 0.1) is 0 Å². The van der Waals surface area contributed by atoms with E-state index in [0.717, 1.165) is 31.6 Å². The summed E-state index contributed by atoms with van der Waals surface area (Å²) in [6.07, 6.45) is 6.92. The summed E-state index contributed by atoms with van der Waals surface area (Å²) in [7, 11) is -2.44. The van der Waals surface area contributed by atoms with E-state index in [1.807, 2.05) is 67.3 Å². The first-order chi connectivity index (χ1) is 19.1. The number of thiocarbonyl (C=S) groups is 1. The van der Waals surface area contributed by atoms with E-state index < -0.39 is 10.1 Å². The van der Waals surface area contributed by atoms with Gasteiger partial charge in [-0.25, -0.2) is 0 Å². The van der Waals surface area contributed by atoms with Crippen LogP contribution in [0.4, 0.5) is 5.69 Å². The quantitative estimate of drug-likeness (QED) is 0.172. The van der Waals surface area contributed by atoms with Crippen molar-refractivity contribution in [2.45, 2.75) is 26.7 Å². The summed E-state index contributed by atoms with van der Waals surface area (Å²) in [5.41, 5.74) is 3.60. The van der Waals surface area contributed by atoms with Gasteiger partial charge in [-0.15, -0.1) is 0 Å². The Labute approximate surface area is 247 Å². The van der Waals surface area contributed by atoms with Crippen LogP contribution in [0.3, 0.4) is 0 Å². The van der Waals surface area contributed by atoms with Gasteiger partial charge in [0, 0.05) is 0 Å². The molecule has 2 aromatic rings. The second-order valence-corrected chi connectivity index (χ2v) is 13.4. The van der Waals surface area contributed by atoms with Gasteiger partial charge in [-0.05, 0) is 0 Å². The van der Waals surface area contributed by atoms with Gasteiger partial charge in [0.2, 0.25) is 0 Å². The average Bonchev–Trinajstić information content (AvgIpc) is 3.39. The molecule has 2 aliphatic rings. The van der Waals surface area contributed by atoms with Gasteiger partial charge < -0.3 is 0 Å². The van der Waals surface area contributed by atoms with Crippen LogP contribution in [0.15, 0.2) is 82.6 Å². The standard InChI is InChI=1S/C29H33N3O5S2Se/c1-4-30-25(28(33)31(5-2)29(30)38)19-22(18-21-10-7-6-8-11-21)12-15-27-32(16-9-17-39(34,35)36)24-20-23(37-3)13-14-26(24)40-27/h6-8,10-15,19-20H,4-5,9,16-18H2,1-3H3,(H,34,35,36)/b22-12+,25-19+,27-15-. The summed E-state index contributed by atoms with van der Waals surface area (Å²) in [4.78, 5) is 18.8. The molecule has 0 atom stereocenters. The first kappa shape index (κ1) is 30.0. The number of likely N-dealkylation sites (N-methyl/N-ethyl adjacent to an activating group) is 2. The van der Waals surface area contributed by atoms with Gasteiger partial charge in [-0.3, -0.25) is 0 Å². The summed E-state index contributed by atoms with van der Waals surface area (Å²) in [6, 6.07) is 16.0. The molecule has 8 nitrogen and oxygen atoms in total. The van der Waals surface area contributed by atoms with Gasteiger partial charge in [0.05, 0.1) is 0 Å². The second kappa shape index (κ2) is 13.1. The fraction of sp³-hybridized carbons (Fsp3) is 0.310. The molecule has 0 spiro atoms. The molecule has 1 N–H and O–H groups in total. The first-order valence-electron chi connectivity index (χ1n) is 13.0. The van der Waals surface area contributed by atoms with E-state index in [9.17, 15) is 17.8 Å². The maximum atomic E-state index is 13.2. The Morgan fingerprint density at radius 3 is 2.45 bits per heavy atom. The number of nitrogens with zero attached hydrogens (tertiary/aromatic N) is 3. The van der Waals surface area contributed by atoms with Gasteiger partial charge in [0.1, 0.15) is 0 Å². The molecule has 2 aliphatic heterocycles. The fourth-order valence-electron chi connectivity index (χ4n) is 4.62. The average molecular weight is 647 g/mol. The van der Waals surface area contributed by atoms with Gasteiger partial charge in [0.15, 0.2) is 0 Å². The molecule has 40 heavy (non-hydrogen) atoms. The zero-order valence-electron chi connectivity index (χ0n) is 22.7. The van der Waals surface area contributed by atoms with Crippen molar-refractivity contribution in [2.75, 3.05) is 37.4 Å². The Balaban J connectivity index is 1.73. The number of allylic oxidation sites excluding steroid dienone is 4. The van der Waals surface area contributed by atoms with Crippen LogP contribution in [0.2, 0.25) is 0 Å². The Bertz CT molecular complexity index is 1470. The molecule has 0 aliphatic carbocycles. The Morgan fingerprint density at radius 1 is 1.07 bits per heavy atom. The third-order valence-electron chi connectivity index (χ3n) is 6.58. The van der Waals surface area contributed by atoms with Crippen molar-refractivity contribution < 1.29 is 22.5 Å². The Hall–Kier alpha value is -2.95. The van der Waals surface area contributed by atoms with Crippen molar-refractivity contribution >= 4 is 58.5 Å². The van der Waals surface area contributed by atoms with Crippen molar-refractivity contribution in [1.82, 2.24) is 9.80 Å². The number of carbonyl (C=O) groups excluding carboxylic acids is 1. The molecule has 4 rings (SSSR count). The van der Waals surface area contributed by atoms with Crippen molar-refractivity contribution in [2.24, 2.45) is 0 Å². The molecule has 0 bridgehead atoms. The topological polar surface area (TPSA) is 90.4 Å². The van der Waals surface area contributed by atoms with Gasteiger partial charge in [0.25, 0.3) is 0 Å². The third kappa shape index (κ3) is 7.03. The van der Waals surface area contributed by atoms with Crippen LogP contribution in [0.5, 0.6) is 5.75 Å². The molecular weight excluding hydrogens is 613 g/mol. The number of anilines is 1. The second-order valence-electron chi connectivity index (χ2n) is 9.24. The van der Waals surface area contributed by atoms with Crippen LogP contribution in [0.25, 0.3) is 0 Å².